The van der Waals surface area contributed by atoms with Crippen LogP contribution >= 0.6 is 27.5 Å². The quantitative estimate of drug-likeness (QED) is 0.834. The van der Waals surface area contributed by atoms with Crippen molar-refractivity contribution in [2.24, 2.45) is 0 Å². The fraction of sp³-hybridized carbons (Fsp3) is 0.0769. The summed E-state index contributed by atoms with van der Waals surface area (Å²) >= 11 is 9.38. The van der Waals surface area contributed by atoms with Crippen molar-refractivity contribution in [2.75, 3.05) is 5.73 Å². The Morgan fingerprint density at radius 3 is 2.63 bits per heavy atom. The second-order valence-electron chi connectivity index (χ2n) is 3.91. The molecular formula is C13H10BrClFNOS. The van der Waals surface area contributed by atoms with Crippen LogP contribution in [0.4, 0.5) is 10.1 Å². The Hall–Kier alpha value is -0.910. The normalized spacial score (nSPS) is 12.4. The predicted molar refractivity (Wildman–Crippen MR) is 80.1 cm³/mol. The molecule has 0 bridgehead atoms. The van der Waals surface area contributed by atoms with Gasteiger partial charge in [0, 0.05) is 9.50 Å². The van der Waals surface area contributed by atoms with E-state index in [1.54, 1.807) is 12.1 Å². The molecule has 0 radical (unpaired) electrons. The Morgan fingerprint density at radius 2 is 2.00 bits per heavy atom. The fourth-order valence-corrected chi connectivity index (χ4v) is 3.64. The van der Waals surface area contributed by atoms with Gasteiger partial charge in [-0.1, -0.05) is 33.6 Å². The first-order chi connectivity index (χ1) is 8.97. The van der Waals surface area contributed by atoms with Crippen LogP contribution in [0.25, 0.3) is 0 Å². The highest BCUT2D eigenvalue weighted by Crippen LogP contribution is 2.25. The van der Waals surface area contributed by atoms with Gasteiger partial charge in [-0.3, -0.25) is 4.21 Å². The zero-order valence-corrected chi connectivity index (χ0v) is 12.9. The smallest absolute Gasteiger partial charge is 0.125 e. The first-order valence-corrected chi connectivity index (χ1v) is 7.83. The summed E-state index contributed by atoms with van der Waals surface area (Å²) in [6, 6.07) is 9.20. The van der Waals surface area contributed by atoms with Crippen LogP contribution in [-0.2, 0) is 16.6 Å². The maximum absolute atomic E-state index is 12.9. The van der Waals surface area contributed by atoms with Crippen molar-refractivity contribution in [1.29, 1.82) is 0 Å². The SMILES string of the molecule is Nc1cc(F)ccc1S(=O)Cc1ccc(Br)cc1Cl. The number of hydrogen-bond donors (Lipinski definition) is 1. The van der Waals surface area contributed by atoms with E-state index < -0.39 is 16.6 Å². The molecule has 100 valence electrons. The van der Waals surface area contributed by atoms with Crippen molar-refractivity contribution in [3.05, 3.63) is 57.3 Å². The topological polar surface area (TPSA) is 43.1 Å². The van der Waals surface area contributed by atoms with Crippen molar-refractivity contribution in [3.8, 4) is 0 Å². The van der Waals surface area contributed by atoms with Crippen LogP contribution in [0.2, 0.25) is 5.02 Å². The molecule has 0 aliphatic heterocycles. The molecule has 2 aromatic rings. The molecular weight excluding hydrogens is 353 g/mol. The average Bonchev–Trinajstić information content (AvgIpc) is 2.32. The van der Waals surface area contributed by atoms with E-state index in [9.17, 15) is 8.60 Å². The van der Waals surface area contributed by atoms with Crippen LogP contribution < -0.4 is 5.73 Å². The standard InChI is InChI=1S/C13H10BrClFNOS/c14-9-2-1-8(11(15)5-9)7-19(18)13-4-3-10(16)6-12(13)17/h1-6H,7,17H2. The highest BCUT2D eigenvalue weighted by Gasteiger charge is 2.12. The molecule has 0 saturated heterocycles. The second kappa shape index (κ2) is 6.03. The lowest BCUT2D eigenvalue weighted by molar-refractivity contribution is 0.627. The highest BCUT2D eigenvalue weighted by molar-refractivity contribution is 9.10. The number of nitrogens with two attached hydrogens (primary N) is 1. The zero-order valence-electron chi connectivity index (χ0n) is 9.70. The van der Waals surface area contributed by atoms with Crippen LogP contribution in [0.15, 0.2) is 45.8 Å². The van der Waals surface area contributed by atoms with E-state index in [2.05, 4.69) is 15.9 Å². The highest BCUT2D eigenvalue weighted by atomic mass is 79.9. The lowest BCUT2D eigenvalue weighted by atomic mass is 10.2. The molecule has 0 aliphatic rings. The summed E-state index contributed by atoms with van der Waals surface area (Å²) in [5.74, 6) is -0.206. The van der Waals surface area contributed by atoms with Crippen LogP contribution in [0.3, 0.4) is 0 Å². The van der Waals surface area contributed by atoms with Gasteiger partial charge in [0.1, 0.15) is 5.82 Å². The number of rotatable bonds is 3. The Balaban J connectivity index is 2.25. The number of nitrogen functional groups attached to an aromatic ring is 1. The summed E-state index contributed by atoms with van der Waals surface area (Å²) in [5.41, 5.74) is 6.61. The molecule has 1 unspecified atom stereocenters. The summed E-state index contributed by atoms with van der Waals surface area (Å²) in [7, 11) is -1.36. The molecule has 0 saturated carbocycles. The van der Waals surface area contributed by atoms with E-state index in [0.717, 1.165) is 16.1 Å². The minimum Gasteiger partial charge on any atom is -0.398 e. The maximum atomic E-state index is 12.9. The number of benzene rings is 2. The molecule has 2 aromatic carbocycles. The van der Waals surface area contributed by atoms with E-state index >= 15 is 0 Å². The number of anilines is 1. The monoisotopic (exact) mass is 361 g/mol. The molecule has 0 amide bonds. The van der Waals surface area contributed by atoms with Crippen molar-refractivity contribution < 1.29 is 8.60 Å². The van der Waals surface area contributed by atoms with Crippen molar-refractivity contribution in [1.82, 2.24) is 0 Å². The first kappa shape index (κ1) is 14.5. The molecule has 0 heterocycles. The van der Waals surface area contributed by atoms with Crippen LogP contribution in [0.5, 0.6) is 0 Å². The van der Waals surface area contributed by atoms with Gasteiger partial charge in [-0.25, -0.2) is 4.39 Å². The Labute approximate surface area is 126 Å². The lowest BCUT2D eigenvalue weighted by Crippen LogP contribution is -2.02. The van der Waals surface area contributed by atoms with Gasteiger partial charge in [-0.05, 0) is 35.9 Å². The molecule has 0 aromatic heterocycles. The minimum absolute atomic E-state index is 0.187. The van der Waals surface area contributed by atoms with Gasteiger partial charge < -0.3 is 5.73 Å². The molecule has 2 N–H and O–H groups in total. The summed E-state index contributed by atoms with van der Waals surface area (Å²) in [6.07, 6.45) is 0. The third-order valence-electron chi connectivity index (χ3n) is 2.52. The molecule has 6 heteroatoms. The summed E-state index contributed by atoms with van der Waals surface area (Å²) in [4.78, 5) is 0.417. The minimum atomic E-state index is -1.36. The Kier molecular flexibility index (Phi) is 4.60. The van der Waals surface area contributed by atoms with E-state index in [0.29, 0.717) is 9.92 Å². The van der Waals surface area contributed by atoms with Gasteiger partial charge in [-0.2, -0.15) is 0 Å². The lowest BCUT2D eigenvalue weighted by Gasteiger charge is -2.07. The molecule has 1 atom stereocenters. The van der Waals surface area contributed by atoms with Crippen LogP contribution in [-0.4, -0.2) is 4.21 Å². The molecule has 0 aliphatic carbocycles. The Morgan fingerprint density at radius 1 is 1.26 bits per heavy atom. The number of halogens is 3. The van der Waals surface area contributed by atoms with E-state index in [1.807, 2.05) is 6.07 Å². The molecule has 19 heavy (non-hydrogen) atoms. The van der Waals surface area contributed by atoms with Crippen molar-refractivity contribution in [3.63, 3.8) is 0 Å². The molecule has 0 fully saturated rings. The molecule has 2 nitrogen and oxygen atoms in total. The largest absolute Gasteiger partial charge is 0.398 e. The van der Waals surface area contributed by atoms with Gasteiger partial charge in [0.2, 0.25) is 0 Å². The summed E-state index contributed by atoms with van der Waals surface area (Å²) < 4.78 is 26.0. The van der Waals surface area contributed by atoms with Gasteiger partial charge in [0.25, 0.3) is 0 Å². The van der Waals surface area contributed by atoms with Crippen molar-refractivity contribution in [2.45, 2.75) is 10.6 Å². The summed E-state index contributed by atoms with van der Waals surface area (Å²) in [5, 5.41) is 0.531. The number of hydrogen-bond acceptors (Lipinski definition) is 2. The van der Waals surface area contributed by atoms with E-state index in [-0.39, 0.29) is 11.4 Å². The average molecular weight is 363 g/mol. The second-order valence-corrected chi connectivity index (χ2v) is 6.65. The third-order valence-corrected chi connectivity index (χ3v) is 4.80. The third kappa shape index (κ3) is 3.55. The predicted octanol–water partition coefficient (Wildman–Crippen LogP) is 4.13. The van der Waals surface area contributed by atoms with Gasteiger partial charge in [-0.15, -0.1) is 0 Å². The van der Waals surface area contributed by atoms with E-state index in [1.165, 1.54) is 12.1 Å². The van der Waals surface area contributed by atoms with Gasteiger partial charge in [0.15, 0.2) is 0 Å². The maximum Gasteiger partial charge on any atom is 0.125 e. The Bertz CT molecular complexity index is 651. The summed E-state index contributed by atoms with van der Waals surface area (Å²) in [6.45, 7) is 0. The van der Waals surface area contributed by atoms with E-state index in [4.69, 9.17) is 17.3 Å². The van der Waals surface area contributed by atoms with Crippen LogP contribution in [0.1, 0.15) is 5.56 Å². The molecule has 2 rings (SSSR count). The zero-order chi connectivity index (χ0) is 14.0. The van der Waals surface area contributed by atoms with Crippen molar-refractivity contribution >= 4 is 44.0 Å². The fourth-order valence-electron chi connectivity index (χ4n) is 1.58. The van der Waals surface area contributed by atoms with Gasteiger partial charge in [0.05, 0.1) is 27.1 Å². The van der Waals surface area contributed by atoms with Gasteiger partial charge >= 0.3 is 0 Å². The first-order valence-electron chi connectivity index (χ1n) is 5.34. The molecule has 0 spiro atoms. The van der Waals surface area contributed by atoms with Crippen LogP contribution in [0, 0.1) is 5.82 Å².